The lowest BCUT2D eigenvalue weighted by Crippen LogP contribution is -2.39. The molecule has 88 valence electrons. The summed E-state index contributed by atoms with van der Waals surface area (Å²) in [6, 6.07) is 0.592. The van der Waals surface area contributed by atoms with Gasteiger partial charge in [0.1, 0.15) is 0 Å². The molecule has 1 heterocycles. The van der Waals surface area contributed by atoms with Gasteiger partial charge in [0, 0.05) is 19.2 Å². The maximum absolute atomic E-state index is 9.55. The van der Waals surface area contributed by atoms with E-state index in [1.165, 1.54) is 12.8 Å². The molecule has 3 heteroatoms. The van der Waals surface area contributed by atoms with E-state index in [0.717, 1.165) is 39.0 Å². The first-order chi connectivity index (χ1) is 7.29. The molecule has 3 nitrogen and oxygen atoms in total. The lowest BCUT2D eigenvalue weighted by atomic mass is 10.1. The van der Waals surface area contributed by atoms with Gasteiger partial charge in [-0.2, -0.15) is 0 Å². The molecule has 0 radical (unpaired) electrons. The van der Waals surface area contributed by atoms with Crippen molar-refractivity contribution in [3.63, 3.8) is 0 Å². The zero-order valence-corrected chi connectivity index (χ0v) is 9.69. The molecule has 2 aliphatic rings. The average Bonchev–Trinajstić information content (AvgIpc) is 2.85. The van der Waals surface area contributed by atoms with Gasteiger partial charge >= 0.3 is 0 Å². The molecule has 15 heavy (non-hydrogen) atoms. The van der Waals surface area contributed by atoms with Crippen molar-refractivity contribution in [1.29, 1.82) is 0 Å². The molecule has 1 saturated heterocycles. The molecule has 1 aliphatic carbocycles. The van der Waals surface area contributed by atoms with Gasteiger partial charge in [-0.25, -0.2) is 0 Å². The molecule has 3 unspecified atom stereocenters. The van der Waals surface area contributed by atoms with Crippen LogP contribution in [0, 0.1) is 0 Å². The van der Waals surface area contributed by atoms with Gasteiger partial charge in [0.15, 0.2) is 0 Å². The molecule has 0 bridgehead atoms. The summed E-state index contributed by atoms with van der Waals surface area (Å²) in [5.74, 6) is 0. The number of hydrogen-bond donors (Lipinski definition) is 1. The second-order valence-electron chi connectivity index (χ2n) is 4.84. The zero-order chi connectivity index (χ0) is 10.7. The number of likely N-dealkylation sites (N-methyl/N-ethyl adjacent to an activating group) is 1. The fourth-order valence-electron chi connectivity index (χ4n) is 2.85. The highest BCUT2D eigenvalue weighted by atomic mass is 16.5. The van der Waals surface area contributed by atoms with E-state index in [2.05, 4.69) is 11.8 Å². The highest BCUT2D eigenvalue weighted by Gasteiger charge is 2.29. The highest BCUT2D eigenvalue weighted by Crippen LogP contribution is 2.25. The Morgan fingerprint density at radius 2 is 2.20 bits per heavy atom. The molecule has 0 amide bonds. The smallest absolute Gasteiger partial charge is 0.0702 e. The summed E-state index contributed by atoms with van der Waals surface area (Å²) in [5, 5.41) is 9.55. The molecule has 2 fully saturated rings. The van der Waals surface area contributed by atoms with Crippen molar-refractivity contribution < 1.29 is 9.84 Å². The quantitative estimate of drug-likeness (QED) is 0.766. The monoisotopic (exact) mass is 213 g/mol. The Kier molecular flexibility index (Phi) is 4.00. The van der Waals surface area contributed by atoms with Crippen molar-refractivity contribution in [2.45, 2.75) is 57.3 Å². The standard InChI is InChI=1S/C12H23NO2/c1-2-13(9-12-4-3-7-15-12)10-5-6-11(14)8-10/h10-12,14H,2-9H2,1H3. The van der Waals surface area contributed by atoms with Crippen LogP contribution in [0.1, 0.15) is 39.0 Å². The third-order valence-corrected chi connectivity index (χ3v) is 3.76. The summed E-state index contributed by atoms with van der Waals surface area (Å²) < 4.78 is 5.67. The Labute approximate surface area is 92.4 Å². The zero-order valence-electron chi connectivity index (χ0n) is 9.69. The number of aliphatic hydroxyl groups is 1. The molecule has 0 spiro atoms. The Balaban J connectivity index is 1.80. The molecule has 2 rings (SSSR count). The molecule has 1 N–H and O–H groups in total. The van der Waals surface area contributed by atoms with Crippen LogP contribution in [0.2, 0.25) is 0 Å². The van der Waals surface area contributed by atoms with Crippen LogP contribution in [0.3, 0.4) is 0 Å². The summed E-state index contributed by atoms with van der Waals surface area (Å²) in [4.78, 5) is 2.49. The highest BCUT2D eigenvalue weighted by molar-refractivity contribution is 4.84. The minimum Gasteiger partial charge on any atom is -0.393 e. The van der Waals surface area contributed by atoms with Crippen molar-refractivity contribution in [3.05, 3.63) is 0 Å². The molecule has 3 atom stereocenters. The second kappa shape index (κ2) is 5.28. The lowest BCUT2D eigenvalue weighted by Gasteiger charge is -2.29. The van der Waals surface area contributed by atoms with Gasteiger partial charge in [-0.3, -0.25) is 4.90 Å². The van der Waals surface area contributed by atoms with E-state index in [1.54, 1.807) is 0 Å². The Hall–Kier alpha value is -0.120. The fourth-order valence-corrected chi connectivity index (χ4v) is 2.85. The predicted molar refractivity (Wildman–Crippen MR) is 59.9 cm³/mol. The number of aliphatic hydroxyl groups excluding tert-OH is 1. The van der Waals surface area contributed by atoms with Crippen molar-refractivity contribution in [2.24, 2.45) is 0 Å². The largest absolute Gasteiger partial charge is 0.393 e. The van der Waals surface area contributed by atoms with Crippen molar-refractivity contribution in [1.82, 2.24) is 4.90 Å². The Bertz CT molecular complexity index is 192. The van der Waals surface area contributed by atoms with Gasteiger partial charge in [-0.15, -0.1) is 0 Å². The number of nitrogens with zero attached hydrogens (tertiary/aromatic N) is 1. The third-order valence-electron chi connectivity index (χ3n) is 3.76. The maximum atomic E-state index is 9.55. The van der Waals surface area contributed by atoms with Crippen LogP contribution in [0.15, 0.2) is 0 Å². The van der Waals surface area contributed by atoms with Crippen LogP contribution < -0.4 is 0 Å². The van der Waals surface area contributed by atoms with Crippen molar-refractivity contribution >= 4 is 0 Å². The van der Waals surface area contributed by atoms with Crippen molar-refractivity contribution in [3.8, 4) is 0 Å². The molecule has 1 aliphatic heterocycles. The number of rotatable bonds is 4. The van der Waals surface area contributed by atoms with Gasteiger partial charge < -0.3 is 9.84 Å². The van der Waals surface area contributed by atoms with Gasteiger partial charge in [0.2, 0.25) is 0 Å². The Morgan fingerprint density at radius 1 is 1.33 bits per heavy atom. The van der Waals surface area contributed by atoms with E-state index in [1.807, 2.05) is 0 Å². The first kappa shape index (κ1) is 11.4. The third kappa shape index (κ3) is 2.92. The first-order valence-electron chi connectivity index (χ1n) is 6.33. The van der Waals surface area contributed by atoms with Crippen LogP contribution in [0.4, 0.5) is 0 Å². The number of ether oxygens (including phenoxy) is 1. The van der Waals surface area contributed by atoms with Gasteiger partial charge in [-0.05, 0) is 38.6 Å². The van der Waals surface area contributed by atoms with E-state index in [-0.39, 0.29) is 6.10 Å². The predicted octanol–water partition coefficient (Wildman–Crippen LogP) is 1.40. The summed E-state index contributed by atoms with van der Waals surface area (Å²) in [5.41, 5.74) is 0. The SMILES string of the molecule is CCN(CC1CCCO1)C1CCC(O)C1. The first-order valence-corrected chi connectivity index (χ1v) is 6.33. The van der Waals surface area contributed by atoms with Crippen LogP contribution in [0.5, 0.6) is 0 Å². The van der Waals surface area contributed by atoms with E-state index in [4.69, 9.17) is 4.74 Å². The minimum absolute atomic E-state index is 0.0615. The topological polar surface area (TPSA) is 32.7 Å². The van der Waals surface area contributed by atoms with Crippen LogP contribution in [-0.4, -0.2) is 48.0 Å². The molecule has 1 saturated carbocycles. The van der Waals surface area contributed by atoms with Gasteiger partial charge in [0.25, 0.3) is 0 Å². The normalized spacial score (nSPS) is 36.6. The van der Waals surface area contributed by atoms with Crippen LogP contribution in [-0.2, 0) is 4.74 Å². The summed E-state index contributed by atoms with van der Waals surface area (Å²) in [6.07, 6.45) is 5.91. The summed E-state index contributed by atoms with van der Waals surface area (Å²) >= 11 is 0. The van der Waals surface area contributed by atoms with Crippen LogP contribution in [0.25, 0.3) is 0 Å². The number of hydrogen-bond acceptors (Lipinski definition) is 3. The van der Waals surface area contributed by atoms with E-state index in [9.17, 15) is 5.11 Å². The summed E-state index contributed by atoms with van der Waals surface area (Å²) in [7, 11) is 0. The van der Waals surface area contributed by atoms with Crippen LogP contribution >= 0.6 is 0 Å². The fraction of sp³-hybridized carbons (Fsp3) is 1.00. The molecular formula is C12H23NO2. The minimum atomic E-state index is -0.0615. The molecule has 0 aromatic heterocycles. The van der Waals surface area contributed by atoms with E-state index in [0.29, 0.717) is 12.1 Å². The second-order valence-corrected chi connectivity index (χ2v) is 4.84. The maximum Gasteiger partial charge on any atom is 0.0702 e. The molecule has 0 aromatic carbocycles. The van der Waals surface area contributed by atoms with Crippen molar-refractivity contribution in [2.75, 3.05) is 19.7 Å². The molecular weight excluding hydrogens is 190 g/mol. The summed E-state index contributed by atoms with van der Waals surface area (Å²) in [6.45, 7) is 5.29. The average molecular weight is 213 g/mol. The van der Waals surface area contributed by atoms with Gasteiger partial charge in [0.05, 0.1) is 12.2 Å². The van der Waals surface area contributed by atoms with E-state index >= 15 is 0 Å². The lowest BCUT2D eigenvalue weighted by molar-refractivity contribution is 0.0568. The van der Waals surface area contributed by atoms with Gasteiger partial charge in [-0.1, -0.05) is 6.92 Å². The Morgan fingerprint density at radius 3 is 2.73 bits per heavy atom. The van der Waals surface area contributed by atoms with E-state index < -0.39 is 0 Å². The molecule has 0 aromatic rings.